The van der Waals surface area contributed by atoms with Crippen LogP contribution in [0.4, 0.5) is 5.95 Å². The molecule has 1 N–H and O–H groups in total. The van der Waals surface area contributed by atoms with Crippen molar-refractivity contribution >= 4 is 5.95 Å². The molecule has 3 heteroatoms. The van der Waals surface area contributed by atoms with Crippen LogP contribution >= 0.6 is 0 Å². The summed E-state index contributed by atoms with van der Waals surface area (Å²) in [6, 6.07) is 0.566. The molecular weight excluding hydrogens is 198 g/mol. The van der Waals surface area contributed by atoms with Crippen LogP contribution in [-0.4, -0.2) is 16.1 Å². The molecule has 0 amide bonds. The van der Waals surface area contributed by atoms with Crippen LogP contribution in [0.15, 0.2) is 6.20 Å². The highest BCUT2D eigenvalue weighted by Gasteiger charge is 2.12. The van der Waals surface area contributed by atoms with E-state index in [1.54, 1.807) is 0 Å². The quantitative estimate of drug-likeness (QED) is 0.798. The lowest BCUT2D eigenvalue weighted by Crippen LogP contribution is -2.15. The fraction of sp³-hybridized carbons (Fsp3) is 0.769. The van der Waals surface area contributed by atoms with E-state index in [0.717, 1.165) is 31.0 Å². The van der Waals surface area contributed by atoms with Crippen LogP contribution in [0.3, 0.4) is 0 Å². The monoisotopic (exact) mass is 223 g/mol. The molecule has 3 nitrogen and oxygen atoms in total. The van der Waals surface area contributed by atoms with Crippen molar-refractivity contribution in [2.45, 2.75) is 53.5 Å². The Morgan fingerprint density at radius 1 is 1.31 bits per heavy atom. The Balaban J connectivity index is 2.82. The maximum atomic E-state index is 4.55. The molecule has 0 radical (unpaired) electrons. The molecule has 0 aromatic carbocycles. The summed E-state index contributed by atoms with van der Waals surface area (Å²) in [5, 5.41) is 3.43. The number of anilines is 1. The smallest absolute Gasteiger partial charge is 0.203 e. The van der Waals surface area contributed by atoms with E-state index >= 15 is 0 Å². The number of nitrogens with zero attached hydrogens (tertiary/aromatic N) is 2. The molecule has 1 rings (SSSR count). The lowest BCUT2D eigenvalue weighted by molar-refractivity contribution is 0.474. The molecule has 0 saturated heterocycles. The van der Waals surface area contributed by atoms with E-state index in [1.165, 1.54) is 0 Å². The Morgan fingerprint density at radius 2 is 1.94 bits per heavy atom. The van der Waals surface area contributed by atoms with Crippen LogP contribution in [0.5, 0.6) is 0 Å². The van der Waals surface area contributed by atoms with Crippen molar-refractivity contribution in [3.8, 4) is 0 Å². The first-order chi connectivity index (χ1) is 7.58. The van der Waals surface area contributed by atoms with Crippen molar-refractivity contribution in [2.75, 3.05) is 11.9 Å². The minimum absolute atomic E-state index is 0.566. The van der Waals surface area contributed by atoms with Gasteiger partial charge in [0.15, 0.2) is 0 Å². The van der Waals surface area contributed by atoms with E-state index in [0.29, 0.717) is 12.0 Å². The normalized spacial score (nSPS) is 11.4. The van der Waals surface area contributed by atoms with Gasteiger partial charge in [0, 0.05) is 18.8 Å². The van der Waals surface area contributed by atoms with Gasteiger partial charge in [0.05, 0.1) is 5.69 Å². The largest absolute Gasteiger partial charge is 0.355 e. The van der Waals surface area contributed by atoms with E-state index < -0.39 is 0 Å². The standard InChI is InChI=1S/C13H25N3/c1-6-12(7-2)16-9-11(5)15-13(16)14-8-10(3)4/h9-10,12H,6-8H2,1-5H3,(H,14,15). The number of imidazole rings is 1. The molecule has 0 aliphatic carbocycles. The van der Waals surface area contributed by atoms with Gasteiger partial charge in [-0.3, -0.25) is 0 Å². The number of hydrogen-bond donors (Lipinski definition) is 1. The van der Waals surface area contributed by atoms with E-state index in [4.69, 9.17) is 0 Å². The molecule has 1 aromatic rings. The van der Waals surface area contributed by atoms with Crippen LogP contribution in [-0.2, 0) is 0 Å². The number of aromatic nitrogens is 2. The lowest BCUT2D eigenvalue weighted by atomic mass is 10.2. The molecule has 0 bridgehead atoms. The first-order valence-corrected chi connectivity index (χ1v) is 6.37. The van der Waals surface area contributed by atoms with Crippen LogP contribution in [0, 0.1) is 12.8 Å². The summed E-state index contributed by atoms with van der Waals surface area (Å²) in [6.45, 7) is 11.9. The molecule has 0 aliphatic rings. The summed E-state index contributed by atoms with van der Waals surface area (Å²) >= 11 is 0. The molecule has 0 fully saturated rings. The van der Waals surface area contributed by atoms with Gasteiger partial charge in [-0.2, -0.15) is 0 Å². The van der Waals surface area contributed by atoms with Crippen LogP contribution < -0.4 is 5.32 Å². The van der Waals surface area contributed by atoms with Crippen molar-refractivity contribution in [3.63, 3.8) is 0 Å². The Bertz CT molecular complexity index is 311. The van der Waals surface area contributed by atoms with Crippen LogP contribution in [0.25, 0.3) is 0 Å². The van der Waals surface area contributed by atoms with Crippen molar-refractivity contribution in [2.24, 2.45) is 5.92 Å². The molecule has 92 valence electrons. The summed E-state index contributed by atoms with van der Waals surface area (Å²) in [5.74, 6) is 1.67. The second kappa shape index (κ2) is 5.92. The van der Waals surface area contributed by atoms with Gasteiger partial charge in [0.25, 0.3) is 0 Å². The molecule has 0 unspecified atom stereocenters. The van der Waals surface area contributed by atoms with Crippen molar-refractivity contribution < 1.29 is 0 Å². The zero-order chi connectivity index (χ0) is 12.1. The van der Waals surface area contributed by atoms with E-state index in [2.05, 4.69) is 55.7 Å². The van der Waals surface area contributed by atoms with Gasteiger partial charge in [0.1, 0.15) is 0 Å². The summed E-state index contributed by atoms with van der Waals surface area (Å²) in [4.78, 5) is 4.55. The lowest BCUT2D eigenvalue weighted by Gasteiger charge is -2.18. The first-order valence-electron chi connectivity index (χ1n) is 6.37. The summed E-state index contributed by atoms with van der Waals surface area (Å²) in [6.07, 6.45) is 4.46. The van der Waals surface area contributed by atoms with Gasteiger partial charge in [0.2, 0.25) is 5.95 Å². The zero-order valence-corrected chi connectivity index (χ0v) is 11.2. The van der Waals surface area contributed by atoms with Crippen LogP contribution in [0.2, 0.25) is 0 Å². The van der Waals surface area contributed by atoms with E-state index in [-0.39, 0.29) is 0 Å². The molecular formula is C13H25N3. The van der Waals surface area contributed by atoms with Gasteiger partial charge in [-0.05, 0) is 25.7 Å². The third kappa shape index (κ3) is 3.26. The number of rotatable bonds is 6. The Hall–Kier alpha value is -0.990. The molecule has 0 aliphatic heterocycles. The van der Waals surface area contributed by atoms with Gasteiger partial charge in [-0.1, -0.05) is 27.7 Å². The number of nitrogens with one attached hydrogen (secondary N) is 1. The second-order valence-electron chi connectivity index (χ2n) is 4.86. The van der Waals surface area contributed by atoms with Gasteiger partial charge >= 0.3 is 0 Å². The van der Waals surface area contributed by atoms with Gasteiger partial charge < -0.3 is 9.88 Å². The van der Waals surface area contributed by atoms with Crippen molar-refractivity contribution in [3.05, 3.63) is 11.9 Å². The highest BCUT2D eigenvalue weighted by atomic mass is 15.2. The van der Waals surface area contributed by atoms with Gasteiger partial charge in [-0.25, -0.2) is 4.98 Å². The van der Waals surface area contributed by atoms with Crippen molar-refractivity contribution in [1.82, 2.24) is 9.55 Å². The van der Waals surface area contributed by atoms with E-state index in [9.17, 15) is 0 Å². The fourth-order valence-corrected chi connectivity index (χ4v) is 1.90. The Kier molecular flexibility index (Phi) is 4.84. The minimum Gasteiger partial charge on any atom is -0.355 e. The highest BCUT2D eigenvalue weighted by molar-refractivity contribution is 5.29. The molecule has 1 aromatic heterocycles. The SMILES string of the molecule is CCC(CC)n1cc(C)nc1NCC(C)C. The maximum Gasteiger partial charge on any atom is 0.203 e. The average molecular weight is 223 g/mol. The summed E-state index contributed by atoms with van der Waals surface area (Å²) in [5.41, 5.74) is 1.10. The van der Waals surface area contributed by atoms with Crippen LogP contribution in [0.1, 0.15) is 52.3 Å². The second-order valence-corrected chi connectivity index (χ2v) is 4.86. The topological polar surface area (TPSA) is 29.9 Å². The van der Waals surface area contributed by atoms with E-state index in [1.807, 2.05) is 0 Å². The van der Waals surface area contributed by atoms with Crippen molar-refractivity contribution in [1.29, 1.82) is 0 Å². The minimum atomic E-state index is 0.566. The maximum absolute atomic E-state index is 4.55. The Morgan fingerprint density at radius 3 is 2.44 bits per heavy atom. The fourth-order valence-electron chi connectivity index (χ4n) is 1.90. The molecule has 1 heterocycles. The average Bonchev–Trinajstić information content (AvgIpc) is 2.59. The third-order valence-corrected chi connectivity index (χ3v) is 2.86. The first kappa shape index (κ1) is 13.1. The molecule has 0 saturated carbocycles. The van der Waals surface area contributed by atoms with Gasteiger partial charge in [-0.15, -0.1) is 0 Å². The zero-order valence-electron chi connectivity index (χ0n) is 11.2. The molecule has 16 heavy (non-hydrogen) atoms. The molecule has 0 atom stereocenters. The summed E-state index contributed by atoms with van der Waals surface area (Å²) < 4.78 is 2.29. The summed E-state index contributed by atoms with van der Waals surface area (Å²) in [7, 11) is 0. The predicted octanol–water partition coefficient (Wildman–Crippen LogP) is 3.62. The highest BCUT2D eigenvalue weighted by Crippen LogP contribution is 2.21. The third-order valence-electron chi connectivity index (χ3n) is 2.86. The molecule has 0 spiro atoms. The number of hydrogen-bond acceptors (Lipinski definition) is 2. The number of aryl methyl sites for hydroxylation is 1. The predicted molar refractivity (Wildman–Crippen MR) is 69.9 cm³/mol. The Labute approximate surface area is 99.3 Å².